The van der Waals surface area contributed by atoms with Gasteiger partial charge in [-0.3, -0.25) is 8.97 Å². The average molecular weight is 463 g/mol. The van der Waals surface area contributed by atoms with E-state index in [1.807, 2.05) is 0 Å². The predicted octanol–water partition coefficient (Wildman–Crippen LogP) is 7.84. The summed E-state index contributed by atoms with van der Waals surface area (Å²) in [6, 6.07) is 41.0. The van der Waals surface area contributed by atoms with Crippen LogP contribution in [-0.4, -0.2) is 18.5 Å². The number of benzene rings is 5. The third kappa shape index (κ3) is 2.50. The summed E-state index contributed by atoms with van der Waals surface area (Å²) < 4.78 is 7.01. The zero-order valence-electron chi connectivity index (χ0n) is 19.8. The monoisotopic (exact) mass is 462 g/mol. The van der Waals surface area contributed by atoms with Gasteiger partial charge in [0.15, 0.2) is 0 Å². The van der Waals surface area contributed by atoms with Crippen molar-refractivity contribution in [3.8, 4) is 11.4 Å². The standard InChI is InChI=1S/C32H22N4/c1-21-10-8-11-22(20-21)34-26-15-4-2-12-23(26)24-13-9-19-30(31(24)34)36-29-18-7-6-17-28(29)35-27-16-5-3-14-25(27)33-32(35)36/h2-20H,1H3. The molecule has 0 saturated heterocycles. The fourth-order valence-electron chi connectivity index (χ4n) is 5.80. The van der Waals surface area contributed by atoms with Gasteiger partial charge in [-0.25, -0.2) is 4.98 Å². The molecule has 0 unspecified atom stereocenters. The van der Waals surface area contributed by atoms with Gasteiger partial charge in [0, 0.05) is 16.5 Å². The first-order valence-corrected chi connectivity index (χ1v) is 12.3. The van der Waals surface area contributed by atoms with E-state index < -0.39 is 0 Å². The Kier molecular flexibility index (Phi) is 3.84. The third-order valence-corrected chi connectivity index (χ3v) is 7.28. The van der Waals surface area contributed by atoms with Crippen molar-refractivity contribution in [2.75, 3.05) is 0 Å². The van der Waals surface area contributed by atoms with Gasteiger partial charge in [-0.1, -0.05) is 66.7 Å². The van der Waals surface area contributed by atoms with Crippen LogP contribution < -0.4 is 0 Å². The lowest BCUT2D eigenvalue weighted by molar-refractivity contribution is 1.09. The molecule has 3 aromatic heterocycles. The van der Waals surface area contributed by atoms with E-state index in [1.165, 1.54) is 27.4 Å². The van der Waals surface area contributed by atoms with E-state index >= 15 is 0 Å². The molecule has 0 atom stereocenters. The first-order chi connectivity index (χ1) is 17.8. The minimum atomic E-state index is 0.922. The molecule has 0 bridgehead atoms. The van der Waals surface area contributed by atoms with E-state index in [1.54, 1.807) is 0 Å². The van der Waals surface area contributed by atoms with E-state index in [2.05, 4.69) is 136 Å². The van der Waals surface area contributed by atoms with Gasteiger partial charge in [-0.15, -0.1) is 0 Å². The zero-order valence-corrected chi connectivity index (χ0v) is 19.8. The lowest BCUT2D eigenvalue weighted by Crippen LogP contribution is -2.01. The molecule has 0 amide bonds. The number of aryl methyl sites for hydroxylation is 1. The predicted molar refractivity (Wildman–Crippen MR) is 149 cm³/mol. The van der Waals surface area contributed by atoms with Gasteiger partial charge >= 0.3 is 0 Å². The molecular formula is C32H22N4. The highest BCUT2D eigenvalue weighted by Gasteiger charge is 2.21. The molecule has 0 fully saturated rings. The highest BCUT2D eigenvalue weighted by molar-refractivity contribution is 6.12. The second-order valence-electron chi connectivity index (χ2n) is 9.42. The smallest absolute Gasteiger partial charge is 0.220 e. The minimum Gasteiger partial charge on any atom is -0.307 e. The largest absolute Gasteiger partial charge is 0.307 e. The average Bonchev–Trinajstić information content (AvgIpc) is 3.55. The molecule has 0 radical (unpaired) electrons. The van der Waals surface area contributed by atoms with Crippen molar-refractivity contribution in [2.24, 2.45) is 0 Å². The maximum atomic E-state index is 5.12. The van der Waals surface area contributed by atoms with Gasteiger partial charge in [0.25, 0.3) is 0 Å². The Hall–Kier alpha value is -4.83. The summed E-state index contributed by atoms with van der Waals surface area (Å²) in [4.78, 5) is 5.12. The number of para-hydroxylation sites is 6. The maximum Gasteiger partial charge on any atom is 0.220 e. The number of hydrogen-bond donors (Lipinski definition) is 0. The van der Waals surface area contributed by atoms with Crippen LogP contribution in [0.3, 0.4) is 0 Å². The summed E-state index contributed by atoms with van der Waals surface area (Å²) in [7, 11) is 0. The van der Waals surface area contributed by atoms with E-state index in [0.29, 0.717) is 0 Å². The van der Waals surface area contributed by atoms with Crippen molar-refractivity contribution in [3.63, 3.8) is 0 Å². The first-order valence-electron chi connectivity index (χ1n) is 12.3. The molecule has 5 aromatic carbocycles. The topological polar surface area (TPSA) is 27.2 Å². The third-order valence-electron chi connectivity index (χ3n) is 7.28. The Balaban J connectivity index is 1.61. The molecule has 0 aliphatic heterocycles. The van der Waals surface area contributed by atoms with Gasteiger partial charge in [-0.2, -0.15) is 0 Å². The molecule has 0 spiro atoms. The van der Waals surface area contributed by atoms with Crippen molar-refractivity contribution in [1.29, 1.82) is 0 Å². The van der Waals surface area contributed by atoms with Crippen LogP contribution in [-0.2, 0) is 0 Å². The number of fused-ring (bicyclic) bond motifs is 8. The lowest BCUT2D eigenvalue weighted by Gasteiger charge is -2.13. The van der Waals surface area contributed by atoms with Gasteiger partial charge in [-0.05, 0) is 61.0 Å². The number of hydrogen-bond acceptors (Lipinski definition) is 1. The Bertz CT molecular complexity index is 2120. The van der Waals surface area contributed by atoms with Crippen LogP contribution in [0.1, 0.15) is 5.56 Å². The van der Waals surface area contributed by atoms with Crippen molar-refractivity contribution >= 4 is 49.7 Å². The Morgan fingerprint density at radius 3 is 2.11 bits per heavy atom. The quantitative estimate of drug-likeness (QED) is 0.257. The molecule has 0 aliphatic carbocycles. The van der Waals surface area contributed by atoms with Crippen LogP contribution in [0.4, 0.5) is 0 Å². The number of aromatic nitrogens is 4. The first kappa shape index (κ1) is 19.5. The van der Waals surface area contributed by atoms with Crippen LogP contribution in [0.2, 0.25) is 0 Å². The lowest BCUT2D eigenvalue weighted by atomic mass is 10.1. The van der Waals surface area contributed by atoms with Crippen molar-refractivity contribution in [3.05, 3.63) is 121 Å². The summed E-state index contributed by atoms with van der Waals surface area (Å²) in [5.74, 6) is 0.922. The Labute approximate surface area is 207 Å². The second kappa shape index (κ2) is 7.09. The van der Waals surface area contributed by atoms with Crippen LogP contribution in [0.5, 0.6) is 0 Å². The summed E-state index contributed by atoms with van der Waals surface area (Å²) in [5, 5.41) is 2.48. The van der Waals surface area contributed by atoms with E-state index in [9.17, 15) is 0 Å². The summed E-state index contributed by atoms with van der Waals surface area (Å²) in [5.41, 5.74) is 10.3. The molecule has 0 N–H and O–H groups in total. The van der Waals surface area contributed by atoms with E-state index in [0.717, 1.165) is 39.2 Å². The molecule has 4 heteroatoms. The van der Waals surface area contributed by atoms with Gasteiger partial charge in [0.1, 0.15) is 0 Å². The van der Waals surface area contributed by atoms with Crippen molar-refractivity contribution in [1.82, 2.24) is 18.5 Å². The Morgan fingerprint density at radius 1 is 0.556 bits per heavy atom. The summed E-state index contributed by atoms with van der Waals surface area (Å²) in [6.45, 7) is 2.15. The van der Waals surface area contributed by atoms with Crippen molar-refractivity contribution < 1.29 is 0 Å². The molecular weight excluding hydrogens is 440 g/mol. The van der Waals surface area contributed by atoms with Gasteiger partial charge < -0.3 is 4.57 Å². The number of rotatable bonds is 2. The van der Waals surface area contributed by atoms with Crippen molar-refractivity contribution in [2.45, 2.75) is 6.92 Å². The summed E-state index contributed by atoms with van der Waals surface area (Å²) >= 11 is 0. The van der Waals surface area contributed by atoms with Crippen LogP contribution in [0.25, 0.3) is 61.0 Å². The van der Waals surface area contributed by atoms with Gasteiger partial charge in [0.05, 0.1) is 38.8 Å². The van der Waals surface area contributed by atoms with E-state index in [-0.39, 0.29) is 0 Å². The second-order valence-corrected chi connectivity index (χ2v) is 9.42. The van der Waals surface area contributed by atoms with Crippen LogP contribution in [0, 0.1) is 6.92 Å². The Morgan fingerprint density at radius 2 is 1.25 bits per heavy atom. The molecule has 3 heterocycles. The van der Waals surface area contributed by atoms with Crippen LogP contribution in [0.15, 0.2) is 115 Å². The SMILES string of the molecule is Cc1cccc(-n2c3ccccc3c3cccc(-n4c5ccccc5n5c6ccccc6nc45)c32)c1. The highest BCUT2D eigenvalue weighted by atomic mass is 15.2. The molecule has 170 valence electrons. The normalized spacial score (nSPS) is 12.0. The maximum absolute atomic E-state index is 5.12. The molecule has 0 saturated carbocycles. The van der Waals surface area contributed by atoms with Gasteiger partial charge in [0.2, 0.25) is 5.78 Å². The molecule has 4 nitrogen and oxygen atoms in total. The fraction of sp³-hybridized carbons (Fsp3) is 0.0312. The van der Waals surface area contributed by atoms with E-state index in [4.69, 9.17) is 4.98 Å². The van der Waals surface area contributed by atoms with Crippen LogP contribution >= 0.6 is 0 Å². The number of imidazole rings is 2. The molecule has 8 aromatic rings. The molecule has 36 heavy (non-hydrogen) atoms. The molecule has 0 aliphatic rings. The summed E-state index contributed by atoms with van der Waals surface area (Å²) in [6.07, 6.45) is 0. The fourth-order valence-corrected chi connectivity index (χ4v) is 5.80. The molecule has 8 rings (SSSR count). The minimum absolute atomic E-state index is 0.922. The highest BCUT2D eigenvalue weighted by Crippen LogP contribution is 2.38. The zero-order chi connectivity index (χ0) is 23.8. The number of nitrogens with zero attached hydrogens (tertiary/aromatic N) is 4.